The Morgan fingerprint density at radius 1 is 1.28 bits per heavy atom. The van der Waals surface area contributed by atoms with E-state index in [0.29, 0.717) is 26.1 Å². The molecule has 0 saturated heterocycles. The largest absolute Gasteiger partial charge is 0.383 e. The molecule has 0 unspecified atom stereocenters. The van der Waals surface area contributed by atoms with Crippen molar-refractivity contribution >= 4 is 17.5 Å². The molecule has 1 aromatic carbocycles. The van der Waals surface area contributed by atoms with Gasteiger partial charge < -0.3 is 14.2 Å². The van der Waals surface area contributed by atoms with Gasteiger partial charge in [0.1, 0.15) is 0 Å². The van der Waals surface area contributed by atoms with Crippen molar-refractivity contribution in [3.05, 3.63) is 58.9 Å². The lowest BCUT2D eigenvalue weighted by Crippen LogP contribution is -2.34. The Morgan fingerprint density at radius 3 is 2.84 bits per heavy atom. The summed E-state index contributed by atoms with van der Waals surface area (Å²) in [5, 5.41) is 0.739. The van der Waals surface area contributed by atoms with Crippen molar-refractivity contribution in [2.24, 2.45) is 0 Å². The summed E-state index contributed by atoms with van der Waals surface area (Å²) >= 11 is 6.08. The fourth-order valence-electron chi connectivity index (χ4n) is 2.75. The van der Waals surface area contributed by atoms with Crippen molar-refractivity contribution in [3.63, 3.8) is 0 Å². The Balaban J connectivity index is 2.08. The molecule has 0 fully saturated rings. The Kier molecular flexibility index (Phi) is 8.02. The average Bonchev–Trinajstić information content (AvgIpc) is 3.03. The molecule has 1 amide bonds. The predicted molar refractivity (Wildman–Crippen MR) is 102 cm³/mol. The molecule has 1 heterocycles. The van der Waals surface area contributed by atoms with Crippen LogP contribution >= 0.6 is 11.6 Å². The zero-order chi connectivity index (χ0) is 18.1. The number of benzene rings is 1. The van der Waals surface area contributed by atoms with Gasteiger partial charge in [-0.3, -0.25) is 4.79 Å². The van der Waals surface area contributed by atoms with Crippen LogP contribution in [0.15, 0.2) is 42.6 Å². The smallest absolute Gasteiger partial charge is 0.222 e. The zero-order valence-electron chi connectivity index (χ0n) is 15.1. The lowest BCUT2D eigenvalue weighted by Gasteiger charge is -2.23. The van der Waals surface area contributed by atoms with Crippen LogP contribution in [0.2, 0.25) is 5.02 Å². The van der Waals surface area contributed by atoms with E-state index in [1.165, 1.54) is 0 Å². The molecular weight excluding hydrogens is 336 g/mol. The summed E-state index contributed by atoms with van der Waals surface area (Å²) < 4.78 is 7.34. The van der Waals surface area contributed by atoms with E-state index in [0.717, 1.165) is 35.7 Å². The summed E-state index contributed by atoms with van der Waals surface area (Å²) in [7, 11) is 1.66. The molecule has 2 aromatic rings. The monoisotopic (exact) mass is 362 g/mol. The van der Waals surface area contributed by atoms with E-state index in [9.17, 15) is 4.79 Å². The van der Waals surface area contributed by atoms with Crippen molar-refractivity contribution in [3.8, 4) is 0 Å². The highest BCUT2D eigenvalue weighted by Gasteiger charge is 2.15. The number of halogens is 1. The second kappa shape index (κ2) is 10.3. The van der Waals surface area contributed by atoms with Gasteiger partial charge in [-0.05, 0) is 36.2 Å². The molecule has 0 aliphatic rings. The number of ether oxygens (including phenoxy) is 1. The second-order valence-electron chi connectivity index (χ2n) is 6.17. The lowest BCUT2D eigenvalue weighted by atomic mass is 10.2. The molecular formula is C20H27ClN2O2. The van der Waals surface area contributed by atoms with Gasteiger partial charge >= 0.3 is 0 Å². The Labute approximate surface area is 155 Å². The van der Waals surface area contributed by atoms with Gasteiger partial charge in [0.05, 0.1) is 13.2 Å². The SMILES string of the molecule is CCCCC(=O)N(CCOC)Cc1cccn1Cc1cccc(Cl)c1. The standard InChI is InChI=1S/C20H27ClN2O2/c1-3-4-10-20(24)23(12-13-25-2)16-19-9-6-11-22(19)15-17-7-5-8-18(21)14-17/h5-9,11,14H,3-4,10,12-13,15-16H2,1-2H3. The number of hydrogen-bond acceptors (Lipinski definition) is 2. The van der Waals surface area contributed by atoms with E-state index in [1.54, 1.807) is 7.11 Å². The fourth-order valence-corrected chi connectivity index (χ4v) is 2.97. The van der Waals surface area contributed by atoms with Crippen molar-refractivity contribution in [1.82, 2.24) is 9.47 Å². The first-order valence-electron chi connectivity index (χ1n) is 8.79. The minimum atomic E-state index is 0.189. The van der Waals surface area contributed by atoms with E-state index in [4.69, 9.17) is 16.3 Å². The van der Waals surface area contributed by atoms with Gasteiger partial charge in [0.25, 0.3) is 0 Å². The van der Waals surface area contributed by atoms with Gasteiger partial charge in [-0.15, -0.1) is 0 Å². The first-order valence-corrected chi connectivity index (χ1v) is 9.17. The fraction of sp³-hybridized carbons (Fsp3) is 0.450. The van der Waals surface area contributed by atoms with Crippen LogP contribution < -0.4 is 0 Å². The van der Waals surface area contributed by atoms with Gasteiger partial charge in [-0.25, -0.2) is 0 Å². The maximum absolute atomic E-state index is 12.5. The van der Waals surface area contributed by atoms with Crippen LogP contribution in [0, 0.1) is 0 Å². The Hall–Kier alpha value is -1.78. The molecule has 0 aliphatic carbocycles. The zero-order valence-corrected chi connectivity index (χ0v) is 15.8. The minimum Gasteiger partial charge on any atom is -0.383 e. The highest BCUT2D eigenvalue weighted by atomic mass is 35.5. The summed E-state index contributed by atoms with van der Waals surface area (Å²) in [5.41, 5.74) is 2.26. The summed E-state index contributed by atoms with van der Waals surface area (Å²) in [6.07, 6.45) is 4.58. The van der Waals surface area contributed by atoms with Crippen LogP contribution in [-0.4, -0.2) is 35.6 Å². The van der Waals surface area contributed by atoms with Gasteiger partial charge in [0, 0.05) is 43.5 Å². The van der Waals surface area contributed by atoms with Crippen molar-refractivity contribution < 1.29 is 9.53 Å². The molecule has 4 nitrogen and oxygen atoms in total. The lowest BCUT2D eigenvalue weighted by molar-refractivity contribution is -0.132. The number of hydrogen-bond donors (Lipinski definition) is 0. The van der Waals surface area contributed by atoms with Crippen LogP contribution in [0.1, 0.15) is 37.4 Å². The Bertz CT molecular complexity index is 669. The molecule has 2 rings (SSSR count). The minimum absolute atomic E-state index is 0.189. The normalized spacial score (nSPS) is 10.8. The number of nitrogens with zero attached hydrogens (tertiary/aromatic N) is 2. The highest BCUT2D eigenvalue weighted by Crippen LogP contribution is 2.15. The van der Waals surface area contributed by atoms with Gasteiger partial charge in [-0.1, -0.05) is 37.1 Å². The Morgan fingerprint density at radius 2 is 2.12 bits per heavy atom. The second-order valence-corrected chi connectivity index (χ2v) is 6.61. The van der Waals surface area contributed by atoms with Crippen LogP contribution in [-0.2, 0) is 22.6 Å². The number of carbonyl (C=O) groups excluding carboxylic acids is 1. The maximum atomic E-state index is 12.5. The summed E-state index contributed by atoms with van der Waals surface area (Å²) in [5.74, 6) is 0.189. The topological polar surface area (TPSA) is 34.5 Å². The van der Waals surface area contributed by atoms with Crippen LogP contribution in [0.4, 0.5) is 0 Å². The van der Waals surface area contributed by atoms with Crippen LogP contribution in [0.25, 0.3) is 0 Å². The molecule has 0 atom stereocenters. The molecule has 0 bridgehead atoms. The molecule has 0 saturated carbocycles. The number of rotatable bonds is 10. The van der Waals surface area contributed by atoms with Crippen LogP contribution in [0.5, 0.6) is 0 Å². The van der Waals surface area contributed by atoms with E-state index in [1.807, 2.05) is 35.4 Å². The number of aromatic nitrogens is 1. The highest BCUT2D eigenvalue weighted by molar-refractivity contribution is 6.30. The van der Waals surface area contributed by atoms with E-state index >= 15 is 0 Å². The molecule has 0 N–H and O–H groups in total. The molecule has 5 heteroatoms. The van der Waals surface area contributed by atoms with Crippen LogP contribution in [0.3, 0.4) is 0 Å². The summed E-state index contributed by atoms with van der Waals surface area (Å²) in [4.78, 5) is 14.4. The molecule has 0 spiro atoms. The first-order chi connectivity index (χ1) is 12.1. The molecule has 0 radical (unpaired) electrons. The third kappa shape index (κ3) is 6.22. The predicted octanol–water partition coefficient (Wildman–Crippen LogP) is 4.36. The third-order valence-corrected chi connectivity index (χ3v) is 4.42. The molecule has 136 valence electrons. The maximum Gasteiger partial charge on any atom is 0.222 e. The van der Waals surface area contributed by atoms with Gasteiger partial charge in [0.15, 0.2) is 0 Å². The number of unbranched alkanes of at least 4 members (excludes halogenated alkanes) is 1. The van der Waals surface area contributed by atoms with E-state index in [2.05, 4.69) is 23.6 Å². The molecule has 25 heavy (non-hydrogen) atoms. The summed E-state index contributed by atoms with van der Waals surface area (Å²) in [6.45, 7) is 4.60. The quantitative estimate of drug-likeness (QED) is 0.629. The average molecular weight is 363 g/mol. The van der Waals surface area contributed by atoms with Crippen molar-refractivity contribution in [2.75, 3.05) is 20.3 Å². The van der Waals surface area contributed by atoms with E-state index < -0.39 is 0 Å². The third-order valence-electron chi connectivity index (χ3n) is 4.18. The number of amides is 1. The number of methoxy groups -OCH3 is 1. The summed E-state index contributed by atoms with van der Waals surface area (Å²) in [6, 6.07) is 12.0. The van der Waals surface area contributed by atoms with Gasteiger partial charge in [-0.2, -0.15) is 0 Å². The first kappa shape index (κ1) is 19.5. The van der Waals surface area contributed by atoms with E-state index in [-0.39, 0.29) is 5.91 Å². The van der Waals surface area contributed by atoms with Crippen molar-refractivity contribution in [2.45, 2.75) is 39.3 Å². The van der Waals surface area contributed by atoms with Crippen molar-refractivity contribution in [1.29, 1.82) is 0 Å². The number of carbonyl (C=O) groups is 1. The molecule has 0 aliphatic heterocycles. The van der Waals surface area contributed by atoms with Gasteiger partial charge in [0.2, 0.25) is 5.91 Å². The molecule has 1 aromatic heterocycles.